The lowest BCUT2D eigenvalue weighted by molar-refractivity contribution is 0.0909. The summed E-state index contributed by atoms with van der Waals surface area (Å²) in [5, 5.41) is 4.33. The minimum absolute atomic E-state index is 0.00208. The summed E-state index contributed by atoms with van der Waals surface area (Å²) in [5.74, 6) is 1.55. The van der Waals surface area contributed by atoms with Gasteiger partial charge in [-0.05, 0) is 49.9 Å². The molecule has 1 aliphatic heterocycles. The maximum absolute atomic E-state index is 12.8. The fourth-order valence-corrected chi connectivity index (χ4v) is 5.44. The zero-order valence-corrected chi connectivity index (χ0v) is 22.6. The summed E-state index contributed by atoms with van der Waals surface area (Å²) in [6.45, 7) is 8.89. The van der Waals surface area contributed by atoms with Gasteiger partial charge in [0, 0.05) is 56.1 Å². The van der Waals surface area contributed by atoms with Crippen LogP contribution < -0.4 is 10.2 Å². The number of likely N-dealkylation sites (tertiary alicyclic amines) is 1. The van der Waals surface area contributed by atoms with Crippen LogP contribution >= 0.6 is 23.4 Å². The van der Waals surface area contributed by atoms with Crippen molar-refractivity contribution in [3.05, 3.63) is 82.5 Å². The first-order valence-electron chi connectivity index (χ1n) is 12.6. The molecule has 1 fully saturated rings. The molecular formula is C28H34ClN5OS. The van der Waals surface area contributed by atoms with Crippen LogP contribution in [0.4, 0.5) is 5.82 Å². The first-order valence-corrected chi connectivity index (χ1v) is 14.0. The zero-order valence-electron chi connectivity index (χ0n) is 21.0. The molecule has 0 unspecified atom stereocenters. The van der Waals surface area contributed by atoms with E-state index in [0.717, 1.165) is 56.9 Å². The fourth-order valence-electron chi connectivity index (χ4n) is 4.41. The van der Waals surface area contributed by atoms with Crippen LogP contribution in [0.3, 0.4) is 0 Å². The molecule has 1 aromatic heterocycles. The second kappa shape index (κ2) is 13.1. The molecule has 0 radical (unpaired) electrons. The number of aromatic nitrogens is 2. The molecule has 0 bridgehead atoms. The molecule has 1 amide bonds. The summed E-state index contributed by atoms with van der Waals surface area (Å²) >= 11 is 7.78. The van der Waals surface area contributed by atoms with Crippen LogP contribution in [0.15, 0.2) is 65.8 Å². The third-order valence-corrected chi connectivity index (χ3v) is 7.62. The van der Waals surface area contributed by atoms with Gasteiger partial charge in [0.2, 0.25) is 0 Å². The number of halogens is 1. The minimum atomic E-state index is -0.00208. The number of nitrogens with one attached hydrogen (secondary N) is 1. The highest BCUT2D eigenvalue weighted by Gasteiger charge is 2.21. The van der Waals surface area contributed by atoms with Crippen LogP contribution in [0, 0.1) is 0 Å². The third kappa shape index (κ3) is 7.45. The molecule has 4 rings (SSSR count). The van der Waals surface area contributed by atoms with E-state index in [2.05, 4.69) is 63.2 Å². The monoisotopic (exact) mass is 523 g/mol. The van der Waals surface area contributed by atoms with Gasteiger partial charge in [0.15, 0.2) is 5.16 Å². The summed E-state index contributed by atoms with van der Waals surface area (Å²) in [7, 11) is 0. The lowest BCUT2D eigenvalue weighted by Gasteiger charge is -2.32. The second-order valence-electron chi connectivity index (χ2n) is 9.00. The zero-order chi connectivity index (χ0) is 25.3. The Labute approximate surface area is 223 Å². The number of piperidine rings is 1. The average Bonchev–Trinajstić information content (AvgIpc) is 2.90. The first-order chi connectivity index (χ1) is 17.5. The molecule has 190 valence electrons. The fraction of sp³-hybridized carbons (Fsp3) is 0.393. The molecule has 0 saturated carbocycles. The molecule has 0 spiro atoms. The quantitative estimate of drug-likeness (QED) is 0.210. The van der Waals surface area contributed by atoms with Crippen LogP contribution in [0.25, 0.3) is 0 Å². The molecule has 8 heteroatoms. The van der Waals surface area contributed by atoms with Crippen LogP contribution in [0.5, 0.6) is 0 Å². The van der Waals surface area contributed by atoms with Gasteiger partial charge in [0.25, 0.3) is 5.91 Å². The van der Waals surface area contributed by atoms with Crippen molar-refractivity contribution in [2.45, 2.75) is 50.2 Å². The Hall–Kier alpha value is -2.61. The van der Waals surface area contributed by atoms with Gasteiger partial charge >= 0.3 is 0 Å². The lowest BCUT2D eigenvalue weighted by Crippen LogP contribution is -2.44. The summed E-state index contributed by atoms with van der Waals surface area (Å²) < 4.78 is 0. The van der Waals surface area contributed by atoms with Gasteiger partial charge in [-0.2, -0.15) is 0 Å². The van der Waals surface area contributed by atoms with Crippen molar-refractivity contribution in [3.8, 4) is 0 Å². The normalized spacial score (nSPS) is 14.5. The number of carbonyl (C=O) groups excluding carboxylic acids is 1. The van der Waals surface area contributed by atoms with E-state index >= 15 is 0 Å². The van der Waals surface area contributed by atoms with E-state index in [1.165, 1.54) is 5.56 Å². The van der Waals surface area contributed by atoms with Crippen LogP contribution in [0.1, 0.15) is 48.2 Å². The topological polar surface area (TPSA) is 61.4 Å². The van der Waals surface area contributed by atoms with Crippen LogP contribution in [-0.4, -0.2) is 53.0 Å². The standard InChI is InChI=1S/C28H34ClN5OS/c1-3-34(4-2)26-18-25(29)31-28(32-26)36-20-22-10-12-23(13-11-22)27(35)30-24-14-16-33(17-15-24)19-21-8-6-5-7-9-21/h5-13,18,24H,3-4,14-17,19-20H2,1-2H3,(H,30,35). The van der Waals surface area contributed by atoms with Gasteiger partial charge in [-0.1, -0.05) is 65.8 Å². The maximum atomic E-state index is 12.8. The van der Waals surface area contributed by atoms with Crippen molar-refractivity contribution in [2.24, 2.45) is 0 Å². The Balaban J connectivity index is 1.25. The van der Waals surface area contributed by atoms with E-state index in [1.807, 2.05) is 30.3 Å². The molecule has 3 aromatic rings. The number of anilines is 1. The van der Waals surface area contributed by atoms with Gasteiger partial charge in [-0.3, -0.25) is 9.69 Å². The largest absolute Gasteiger partial charge is 0.357 e. The average molecular weight is 524 g/mol. The second-order valence-corrected chi connectivity index (χ2v) is 10.3. The molecule has 2 aromatic carbocycles. The highest BCUT2D eigenvalue weighted by molar-refractivity contribution is 7.98. The lowest BCUT2D eigenvalue weighted by atomic mass is 10.0. The van der Waals surface area contributed by atoms with E-state index < -0.39 is 0 Å². The number of hydrogen-bond acceptors (Lipinski definition) is 6. The van der Waals surface area contributed by atoms with Crippen molar-refractivity contribution >= 4 is 35.1 Å². The molecule has 2 heterocycles. The Morgan fingerprint density at radius 2 is 1.72 bits per heavy atom. The van der Waals surface area contributed by atoms with Gasteiger partial charge < -0.3 is 10.2 Å². The number of hydrogen-bond donors (Lipinski definition) is 1. The molecule has 1 saturated heterocycles. The Bertz CT molecular complexity index is 1120. The number of rotatable bonds is 10. The highest BCUT2D eigenvalue weighted by Crippen LogP contribution is 2.25. The Morgan fingerprint density at radius 1 is 1.03 bits per heavy atom. The summed E-state index contributed by atoms with van der Waals surface area (Å²) in [4.78, 5) is 26.4. The predicted octanol–water partition coefficient (Wildman–Crippen LogP) is 5.66. The van der Waals surface area contributed by atoms with Crippen LogP contribution in [0.2, 0.25) is 5.15 Å². The van der Waals surface area contributed by atoms with Crippen LogP contribution in [-0.2, 0) is 12.3 Å². The van der Waals surface area contributed by atoms with Crippen molar-refractivity contribution in [3.63, 3.8) is 0 Å². The van der Waals surface area contributed by atoms with Crippen molar-refractivity contribution in [2.75, 3.05) is 31.1 Å². The molecule has 1 N–H and O–H groups in total. The molecule has 0 atom stereocenters. The molecule has 0 aliphatic carbocycles. The van der Waals surface area contributed by atoms with E-state index in [0.29, 0.717) is 21.6 Å². The Kier molecular flexibility index (Phi) is 9.61. The number of carbonyl (C=O) groups is 1. The smallest absolute Gasteiger partial charge is 0.251 e. The van der Waals surface area contributed by atoms with Crippen molar-refractivity contribution in [1.82, 2.24) is 20.2 Å². The molecule has 6 nitrogen and oxygen atoms in total. The predicted molar refractivity (Wildman–Crippen MR) is 149 cm³/mol. The van der Waals surface area contributed by atoms with Crippen molar-refractivity contribution in [1.29, 1.82) is 0 Å². The van der Waals surface area contributed by atoms with E-state index in [4.69, 9.17) is 11.6 Å². The summed E-state index contributed by atoms with van der Waals surface area (Å²) in [6, 6.07) is 20.4. The van der Waals surface area contributed by atoms with Gasteiger partial charge in [-0.25, -0.2) is 9.97 Å². The van der Waals surface area contributed by atoms with Gasteiger partial charge in [-0.15, -0.1) is 0 Å². The molecule has 36 heavy (non-hydrogen) atoms. The third-order valence-electron chi connectivity index (χ3n) is 6.50. The SMILES string of the molecule is CCN(CC)c1cc(Cl)nc(SCc2ccc(C(=O)NC3CCN(Cc4ccccc4)CC3)cc2)n1. The van der Waals surface area contributed by atoms with E-state index in [-0.39, 0.29) is 11.9 Å². The minimum Gasteiger partial charge on any atom is -0.357 e. The highest BCUT2D eigenvalue weighted by atomic mass is 35.5. The molecular weight excluding hydrogens is 490 g/mol. The maximum Gasteiger partial charge on any atom is 0.251 e. The summed E-state index contributed by atoms with van der Waals surface area (Å²) in [5.41, 5.74) is 3.14. The first kappa shape index (κ1) is 26.5. The van der Waals surface area contributed by atoms with E-state index in [1.54, 1.807) is 17.8 Å². The Morgan fingerprint density at radius 3 is 2.39 bits per heavy atom. The summed E-state index contributed by atoms with van der Waals surface area (Å²) in [6.07, 6.45) is 1.95. The number of benzene rings is 2. The van der Waals surface area contributed by atoms with Gasteiger partial charge in [0.05, 0.1) is 0 Å². The van der Waals surface area contributed by atoms with E-state index in [9.17, 15) is 4.79 Å². The number of thioether (sulfide) groups is 1. The number of amides is 1. The van der Waals surface area contributed by atoms with Crippen molar-refractivity contribution < 1.29 is 4.79 Å². The molecule has 1 aliphatic rings. The number of nitrogens with zero attached hydrogens (tertiary/aromatic N) is 4. The van der Waals surface area contributed by atoms with Gasteiger partial charge in [0.1, 0.15) is 11.0 Å².